The molecule has 0 saturated carbocycles. The first-order valence-corrected chi connectivity index (χ1v) is 4.84. The highest BCUT2D eigenvalue weighted by Gasteiger charge is 2.42. The van der Waals surface area contributed by atoms with Gasteiger partial charge in [0.1, 0.15) is 0 Å². The summed E-state index contributed by atoms with van der Waals surface area (Å²) in [5.74, 6) is 0.307. The van der Waals surface area contributed by atoms with Gasteiger partial charge in [0.25, 0.3) is 0 Å². The molecule has 0 aromatic rings. The van der Waals surface area contributed by atoms with Gasteiger partial charge in [-0.2, -0.15) is 0 Å². The second-order valence-corrected chi connectivity index (χ2v) is 3.85. The first-order chi connectivity index (χ1) is 6.11. The summed E-state index contributed by atoms with van der Waals surface area (Å²) in [6, 6.07) is -0.480. The van der Waals surface area contributed by atoms with Crippen molar-refractivity contribution in [2.75, 3.05) is 6.61 Å². The van der Waals surface area contributed by atoms with Gasteiger partial charge in [-0.15, -0.1) is 0 Å². The molecule has 13 heavy (non-hydrogen) atoms. The Morgan fingerprint density at radius 3 is 2.31 bits per heavy atom. The van der Waals surface area contributed by atoms with Crippen molar-refractivity contribution in [2.24, 2.45) is 5.92 Å². The quantitative estimate of drug-likeness (QED) is 0.463. The van der Waals surface area contributed by atoms with Crippen molar-refractivity contribution in [3.8, 4) is 0 Å². The van der Waals surface area contributed by atoms with Gasteiger partial charge in [-0.05, 0) is 5.92 Å². The third-order valence-corrected chi connectivity index (χ3v) is 2.99. The van der Waals surface area contributed by atoms with E-state index in [0.29, 0.717) is 5.92 Å². The van der Waals surface area contributed by atoms with Crippen molar-refractivity contribution < 1.29 is 15.3 Å². The fraction of sp³-hybridized carbons (Fsp3) is 1.00. The van der Waals surface area contributed by atoms with Crippen LogP contribution in [0.15, 0.2) is 0 Å². The Morgan fingerprint density at radius 1 is 1.31 bits per heavy atom. The van der Waals surface area contributed by atoms with Crippen LogP contribution in [0.1, 0.15) is 20.3 Å². The fourth-order valence-electron chi connectivity index (χ4n) is 1.81. The molecule has 0 aliphatic carbocycles. The van der Waals surface area contributed by atoms with E-state index in [-0.39, 0.29) is 18.7 Å². The molecule has 4 nitrogen and oxygen atoms in total. The molecule has 0 aromatic carbocycles. The summed E-state index contributed by atoms with van der Waals surface area (Å²) in [6.45, 7) is 3.93. The highest BCUT2D eigenvalue weighted by atomic mass is 16.3. The van der Waals surface area contributed by atoms with Crippen LogP contribution in [-0.2, 0) is 0 Å². The van der Waals surface area contributed by atoms with Crippen molar-refractivity contribution in [3.63, 3.8) is 0 Å². The van der Waals surface area contributed by atoms with Crippen LogP contribution in [-0.4, -0.2) is 46.2 Å². The van der Waals surface area contributed by atoms with E-state index in [1.54, 1.807) is 0 Å². The number of nitrogens with one attached hydrogen (secondary N) is 1. The maximum absolute atomic E-state index is 9.64. The lowest BCUT2D eigenvalue weighted by Gasteiger charge is -2.21. The van der Waals surface area contributed by atoms with Gasteiger partial charge < -0.3 is 20.6 Å². The minimum atomic E-state index is -0.844. The summed E-state index contributed by atoms with van der Waals surface area (Å²) in [4.78, 5) is 0. The smallest absolute Gasteiger partial charge is 0.0989 e. The van der Waals surface area contributed by atoms with Gasteiger partial charge in [-0.25, -0.2) is 0 Å². The van der Waals surface area contributed by atoms with Gasteiger partial charge in [0.15, 0.2) is 0 Å². The van der Waals surface area contributed by atoms with E-state index in [0.717, 1.165) is 6.42 Å². The topological polar surface area (TPSA) is 72.7 Å². The molecule has 5 atom stereocenters. The van der Waals surface area contributed by atoms with Crippen LogP contribution in [0, 0.1) is 5.92 Å². The van der Waals surface area contributed by atoms with Crippen molar-refractivity contribution in [1.29, 1.82) is 0 Å². The molecule has 1 saturated heterocycles. The standard InChI is InChI=1S/C9H19NO3/c1-3-5(2)7-9(13)8(12)6(4-11)10-7/h5-13H,3-4H2,1-2H3. The third kappa shape index (κ3) is 2.02. The van der Waals surface area contributed by atoms with Gasteiger partial charge >= 0.3 is 0 Å². The van der Waals surface area contributed by atoms with Gasteiger partial charge in [0, 0.05) is 6.04 Å². The molecule has 0 bridgehead atoms. The van der Waals surface area contributed by atoms with Crippen LogP contribution >= 0.6 is 0 Å². The average molecular weight is 189 g/mol. The van der Waals surface area contributed by atoms with Crippen molar-refractivity contribution >= 4 is 0 Å². The van der Waals surface area contributed by atoms with Crippen LogP contribution < -0.4 is 5.32 Å². The maximum atomic E-state index is 9.64. The fourth-order valence-corrected chi connectivity index (χ4v) is 1.81. The van der Waals surface area contributed by atoms with E-state index in [9.17, 15) is 10.2 Å². The molecule has 1 rings (SSSR count). The molecule has 1 heterocycles. The Hall–Kier alpha value is -0.160. The number of hydrogen-bond donors (Lipinski definition) is 4. The second-order valence-electron chi connectivity index (χ2n) is 3.85. The van der Waals surface area contributed by atoms with Gasteiger partial charge in [0.2, 0.25) is 0 Å². The largest absolute Gasteiger partial charge is 0.395 e. The van der Waals surface area contributed by atoms with E-state index >= 15 is 0 Å². The first-order valence-electron chi connectivity index (χ1n) is 4.84. The normalized spacial score (nSPS) is 42.2. The molecule has 1 fully saturated rings. The molecule has 4 N–H and O–H groups in total. The molecule has 0 radical (unpaired) electrons. The number of aliphatic hydroxyl groups is 3. The Labute approximate surface area is 78.6 Å². The summed E-state index contributed by atoms with van der Waals surface area (Å²) in [5.41, 5.74) is 0. The zero-order valence-electron chi connectivity index (χ0n) is 8.14. The van der Waals surface area contributed by atoms with Crippen molar-refractivity contribution in [2.45, 2.75) is 44.6 Å². The Balaban J connectivity index is 2.60. The van der Waals surface area contributed by atoms with E-state index in [1.807, 2.05) is 13.8 Å². The SMILES string of the molecule is CCC(C)C1NC(CO)C(O)C1O. The summed E-state index contributed by atoms with van der Waals surface area (Å²) < 4.78 is 0. The number of rotatable bonds is 3. The Morgan fingerprint density at radius 2 is 1.92 bits per heavy atom. The van der Waals surface area contributed by atoms with E-state index in [1.165, 1.54) is 0 Å². The van der Waals surface area contributed by atoms with Crippen LogP contribution in [0.5, 0.6) is 0 Å². The Kier molecular flexibility index (Phi) is 3.67. The lowest BCUT2D eigenvalue weighted by molar-refractivity contribution is 0.0135. The zero-order chi connectivity index (χ0) is 10.0. The average Bonchev–Trinajstić information content (AvgIpc) is 2.43. The van der Waals surface area contributed by atoms with Crippen LogP contribution in [0.25, 0.3) is 0 Å². The van der Waals surface area contributed by atoms with Crippen molar-refractivity contribution in [3.05, 3.63) is 0 Å². The van der Waals surface area contributed by atoms with Gasteiger partial charge in [-0.3, -0.25) is 0 Å². The molecule has 5 unspecified atom stereocenters. The molecule has 1 aliphatic heterocycles. The minimum absolute atomic E-state index is 0.0999. The summed E-state index contributed by atoms with van der Waals surface area (Å²) >= 11 is 0. The summed E-state index contributed by atoms with van der Waals surface area (Å²) in [7, 11) is 0. The minimum Gasteiger partial charge on any atom is -0.395 e. The summed E-state index contributed by atoms with van der Waals surface area (Å²) in [5, 5.41) is 31.1. The molecule has 0 spiro atoms. The first kappa shape index (κ1) is 10.9. The van der Waals surface area contributed by atoms with Crippen LogP contribution in [0.2, 0.25) is 0 Å². The number of aliphatic hydroxyl groups excluding tert-OH is 3. The van der Waals surface area contributed by atoms with E-state index in [2.05, 4.69) is 5.32 Å². The predicted molar refractivity (Wildman–Crippen MR) is 49.3 cm³/mol. The maximum Gasteiger partial charge on any atom is 0.0989 e. The monoisotopic (exact) mass is 189 g/mol. The zero-order valence-corrected chi connectivity index (χ0v) is 8.14. The summed E-state index contributed by atoms with van der Waals surface area (Å²) in [6.07, 6.45) is -0.657. The van der Waals surface area contributed by atoms with E-state index in [4.69, 9.17) is 5.11 Å². The Bertz CT molecular complexity index is 165. The number of hydrogen-bond acceptors (Lipinski definition) is 4. The van der Waals surface area contributed by atoms with Crippen molar-refractivity contribution in [1.82, 2.24) is 5.32 Å². The van der Waals surface area contributed by atoms with Crippen LogP contribution in [0.4, 0.5) is 0 Å². The van der Waals surface area contributed by atoms with Crippen LogP contribution in [0.3, 0.4) is 0 Å². The molecular weight excluding hydrogens is 170 g/mol. The lowest BCUT2D eigenvalue weighted by atomic mass is 9.95. The van der Waals surface area contributed by atoms with Gasteiger partial charge in [-0.1, -0.05) is 20.3 Å². The molecule has 0 aromatic heterocycles. The predicted octanol–water partition coefficient (Wildman–Crippen LogP) is -0.913. The molecule has 0 amide bonds. The molecule has 78 valence electrons. The third-order valence-electron chi connectivity index (χ3n) is 2.99. The second kappa shape index (κ2) is 4.37. The van der Waals surface area contributed by atoms with E-state index < -0.39 is 12.2 Å². The van der Waals surface area contributed by atoms with Gasteiger partial charge in [0.05, 0.1) is 24.9 Å². The highest BCUT2D eigenvalue weighted by molar-refractivity contribution is 4.99. The molecule has 4 heteroatoms. The lowest BCUT2D eigenvalue weighted by Crippen LogP contribution is -2.39. The molecular formula is C9H19NO3. The highest BCUT2D eigenvalue weighted by Crippen LogP contribution is 2.22. The molecule has 1 aliphatic rings.